The molecule has 0 fully saturated rings. The summed E-state index contributed by atoms with van der Waals surface area (Å²) < 4.78 is 1.64. The van der Waals surface area contributed by atoms with Gasteiger partial charge in [-0.25, -0.2) is 4.98 Å². The fourth-order valence-corrected chi connectivity index (χ4v) is 2.97. The Morgan fingerprint density at radius 2 is 2.26 bits per heavy atom. The van der Waals surface area contributed by atoms with E-state index in [1.807, 2.05) is 20.8 Å². The van der Waals surface area contributed by atoms with Gasteiger partial charge < -0.3 is 5.32 Å². The van der Waals surface area contributed by atoms with Crippen molar-refractivity contribution in [3.63, 3.8) is 0 Å². The molecule has 2 aromatic heterocycles. The first-order valence-corrected chi connectivity index (χ1v) is 7.18. The molecule has 1 N–H and O–H groups in total. The number of aryl methyl sites for hydroxylation is 2. The lowest BCUT2D eigenvalue weighted by molar-refractivity contribution is 0.683. The number of nitrogens with zero attached hydrogens (tertiary/aromatic N) is 2. The molecule has 2 aromatic rings. The topological polar surface area (TPSA) is 46.9 Å². The van der Waals surface area contributed by atoms with Crippen LogP contribution in [0.25, 0.3) is 10.2 Å². The standard InChI is InChI=1S/C14H19N3OS/c1-5-15-6-9(2)7-17-8-16-13-12(14(17)18)10(3)11(4)19-13/h8,15H,2,5-7H2,1,3-4H3. The summed E-state index contributed by atoms with van der Waals surface area (Å²) in [6, 6.07) is 0. The van der Waals surface area contributed by atoms with Crippen LogP contribution in [0.3, 0.4) is 0 Å². The molecule has 0 saturated carbocycles. The van der Waals surface area contributed by atoms with E-state index in [0.717, 1.165) is 39.3 Å². The quantitative estimate of drug-likeness (QED) is 0.853. The second-order valence-corrected chi connectivity index (χ2v) is 5.87. The normalized spacial score (nSPS) is 11.1. The molecular weight excluding hydrogens is 258 g/mol. The van der Waals surface area contributed by atoms with E-state index in [1.54, 1.807) is 22.2 Å². The van der Waals surface area contributed by atoms with Gasteiger partial charge in [0, 0.05) is 18.0 Å². The molecule has 0 atom stereocenters. The maximum absolute atomic E-state index is 12.4. The van der Waals surface area contributed by atoms with E-state index >= 15 is 0 Å². The summed E-state index contributed by atoms with van der Waals surface area (Å²) in [5.41, 5.74) is 2.06. The van der Waals surface area contributed by atoms with Crippen molar-refractivity contribution >= 4 is 21.6 Å². The Morgan fingerprint density at radius 3 is 2.95 bits per heavy atom. The van der Waals surface area contributed by atoms with Gasteiger partial charge in [0.15, 0.2) is 0 Å². The van der Waals surface area contributed by atoms with E-state index in [1.165, 1.54) is 0 Å². The van der Waals surface area contributed by atoms with Crippen molar-refractivity contribution in [3.8, 4) is 0 Å². The van der Waals surface area contributed by atoms with Crippen LogP contribution in [0.4, 0.5) is 0 Å². The molecule has 0 radical (unpaired) electrons. The number of thiophene rings is 1. The molecule has 2 rings (SSSR count). The molecule has 102 valence electrons. The summed E-state index contributed by atoms with van der Waals surface area (Å²) in [6.07, 6.45) is 1.62. The van der Waals surface area contributed by atoms with Crippen molar-refractivity contribution < 1.29 is 0 Å². The molecule has 4 nitrogen and oxygen atoms in total. The predicted molar refractivity (Wildman–Crippen MR) is 81.0 cm³/mol. The smallest absolute Gasteiger partial charge is 0.262 e. The maximum Gasteiger partial charge on any atom is 0.262 e. The minimum atomic E-state index is 0.0319. The number of hydrogen-bond acceptors (Lipinski definition) is 4. The number of hydrogen-bond donors (Lipinski definition) is 1. The first-order valence-electron chi connectivity index (χ1n) is 6.37. The van der Waals surface area contributed by atoms with Crippen LogP contribution in [-0.4, -0.2) is 22.6 Å². The van der Waals surface area contributed by atoms with Crippen molar-refractivity contribution in [2.24, 2.45) is 0 Å². The van der Waals surface area contributed by atoms with Crippen LogP contribution >= 0.6 is 11.3 Å². The number of rotatable bonds is 5. The number of aromatic nitrogens is 2. The lowest BCUT2D eigenvalue weighted by atomic mass is 10.2. The van der Waals surface area contributed by atoms with Gasteiger partial charge in [-0.05, 0) is 31.5 Å². The Labute approximate surface area is 116 Å². The fraction of sp³-hybridized carbons (Fsp3) is 0.429. The van der Waals surface area contributed by atoms with Crippen molar-refractivity contribution in [2.75, 3.05) is 13.1 Å². The SMILES string of the molecule is C=C(CNCC)Cn1cnc2sc(C)c(C)c2c1=O. The van der Waals surface area contributed by atoms with Gasteiger partial charge in [-0.15, -0.1) is 11.3 Å². The van der Waals surface area contributed by atoms with Crippen molar-refractivity contribution in [1.29, 1.82) is 0 Å². The van der Waals surface area contributed by atoms with E-state index in [0.29, 0.717) is 6.54 Å². The van der Waals surface area contributed by atoms with Gasteiger partial charge in [-0.2, -0.15) is 0 Å². The average molecular weight is 277 g/mol. The van der Waals surface area contributed by atoms with E-state index in [4.69, 9.17) is 0 Å². The van der Waals surface area contributed by atoms with Gasteiger partial charge in [0.2, 0.25) is 0 Å². The Kier molecular flexibility index (Phi) is 4.17. The zero-order chi connectivity index (χ0) is 14.0. The zero-order valence-corrected chi connectivity index (χ0v) is 12.4. The summed E-state index contributed by atoms with van der Waals surface area (Å²) >= 11 is 1.58. The highest BCUT2D eigenvalue weighted by Gasteiger charge is 2.12. The largest absolute Gasteiger partial charge is 0.313 e. The molecule has 0 aliphatic carbocycles. The van der Waals surface area contributed by atoms with E-state index in [2.05, 4.69) is 16.9 Å². The molecule has 0 aliphatic rings. The van der Waals surface area contributed by atoms with Gasteiger partial charge in [0.05, 0.1) is 11.7 Å². The summed E-state index contributed by atoms with van der Waals surface area (Å²) in [5.74, 6) is 0. The minimum Gasteiger partial charge on any atom is -0.313 e. The second kappa shape index (κ2) is 5.67. The highest BCUT2D eigenvalue weighted by Crippen LogP contribution is 2.25. The monoisotopic (exact) mass is 277 g/mol. The number of fused-ring (bicyclic) bond motifs is 1. The average Bonchev–Trinajstić information content (AvgIpc) is 2.67. The predicted octanol–water partition coefficient (Wildman–Crippen LogP) is 2.24. The van der Waals surface area contributed by atoms with Crippen LogP contribution in [0.1, 0.15) is 17.4 Å². The van der Waals surface area contributed by atoms with Gasteiger partial charge in [-0.3, -0.25) is 9.36 Å². The van der Waals surface area contributed by atoms with Gasteiger partial charge in [0.25, 0.3) is 5.56 Å². The maximum atomic E-state index is 12.4. The van der Waals surface area contributed by atoms with Crippen LogP contribution in [0.15, 0.2) is 23.3 Å². The molecule has 19 heavy (non-hydrogen) atoms. The summed E-state index contributed by atoms with van der Waals surface area (Å²) in [6.45, 7) is 12.2. The molecule has 5 heteroatoms. The molecule has 0 saturated heterocycles. The molecule has 0 unspecified atom stereocenters. The highest BCUT2D eigenvalue weighted by atomic mass is 32.1. The first-order chi connectivity index (χ1) is 9.04. The van der Waals surface area contributed by atoms with Gasteiger partial charge in [-0.1, -0.05) is 13.5 Å². The lowest BCUT2D eigenvalue weighted by Crippen LogP contribution is -2.25. The fourth-order valence-electron chi connectivity index (χ4n) is 1.98. The van der Waals surface area contributed by atoms with Crippen LogP contribution in [-0.2, 0) is 6.54 Å². The molecule has 0 spiro atoms. The number of likely N-dealkylation sites (N-methyl/N-ethyl adjacent to an activating group) is 1. The van der Waals surface area contributed by atoms with Crippen LogP contribution in [0.2, 0.25) is 0 Å². The van der Waals surface area contributed by atoms with E-state index in [9.17, 15) is 4.79 Å². The third kappa shape index (κ3) is 2.77. The van der Waals surface area contributed by atoms with Gasteiger partial charge >= 0.3 is 0 Å². The Morgan fingerprint density at radius 1 is 1.53 bits per heavy atom. The van der Waals surface area contributed by atoms with Crippen molar-refractivity contribution in [3.05, 3.63) is 39.3 Å². The lowest BCUT2D eigenvalue weighted by Gasteiger charge is -2.08. The third-order valence-corrected chi connectivity index (χ3v) is 4.29. The molecule has 0 aromatic carbocycles. The summed E-state index contributed by atoms with van der Waals surface area (Å²) in [4.78, 5) is 18.8. The Balaban J connectivity index is 2.35. The van der Waals surface area contributed by atoms with Crippen LogP contribution in [0, 0.1) is 13.8 Å². The first kappa shape index (κ1) is 14.0. The molecule has 0 amide bonds. The third-order valence-electron chi connectivity index (χ3n) is 3.17. The van der Waals surface area contributed by atoms with E-state index in [-0.39, 0.29) is 5.56 Å². The highest BCUT2D eigenvalue weighted by molar-refractivity contribution is 7.18. The number of nitrogens with one attached hydrogen (secondary N) is 1. The second-order valence-electron chi connectivity index (χ2n) is 4.67. The zero-order valence-electron chi connectivity index (χ0n) is 11.6. The molecule has 2 heterocycles. The van der Waals surface area contributed by atoms with Crippen LogP contribution in [0.5, 0.6) is 0 Å². The Hall–Kier alpha value is -1.46. The van der Waals surface area contributed by atoms with Crippen molar-refractivity contribution in [1.82, 2.24) is 14.9 Å². The van der Waals surface area contributed by atoms with Crippen molar-refractivity contribution in [2.45, 2.75) is 27.3 Å². The summed E-state index contributed by atoms with van der Waals surface area (Å²) in [5, 5.41) is 3.96. The summed E-state index contributed by atoms with van der Waals surface area (Å²) in [7, 11) is 0. The minimum absolute atomic E-state index is 0.0319. The molecule has 0 bridgehead atoms. The molecular formula is C14H19N3OS. The van der Waals surface area contributed by atoms with Crippen LogP contribution < -0.4 is 10.9 Å². The van der Waals surface area contributed by atoms with E-state index < -0.39 is 0 Å². The van der Waals surface area contributed by atoms with Gasteiger partial charge in [0.1, 0.15) is 4.83 Å². The Bertz CT molecular complexity index is 669. The molecule has 0 aliphatic heterocycles.